The number of ether oxygens (including phenoxy) is 3. The van der Waals surface area contributed by atoms with E-state index in [2.05, 4.69) is 15.8 Å². The van der Waals surface area contributed by atoms with Crippen LogP contribution in [-0.4, -0.2) is 38.4 Å². The predicted octanol–water partition coefficient (Wildman–Crippen LogP) is 4.84. The van der Waals surface area contributed by atoms with Crippen LogP contribution in [0.15, 0.2) is 65.8 Å². The molecule has 182 valence electrons. The molecule has 2 N–H and O–H groups in total. The zero-order chi connectivity index (χ0) is 25.2. The Morgan fingerprint density at radius 3 is 2.43 bits per heavy atom. The summed E-state index contributed by atoms with van der Waals surface area (Å²) in [6.45, 7) is 4.03. The van der Waals surface area contributed by atoms with Gasteiger partial charge < -0.3 is 19.5 Å². The van der Waals surface area contributed by atoms with E-state index >= 15 is 0 Å². The number of nitrogens with zero attached hydrogens (tertiary/aromatic N) is 1. The van der Waals surface area contributed by atoms with Crippen LogP contribution in [-0.2, 0) is 4.79 Å². The molecule has 0 aliphatic heterocycles. The van der Waals surface area contributed by atoms with Crippen LogP contribution in [0.3, 0.4) is 0 Å². The number of hydrogen-bond donors (Lipinski definition) is 2. The first-order valence-electron chi connectivity index (χ1n) is 10.8. The highest BCUT2D eigenvalue weighted by molar-refractivity contribution is 6.30. The summed E-state index contributed by atoms with van der Waals surface area (Å²) in [5, 5.41) is 7.22. The van der Waals surface area contributed by atoms with Gasteiger partial charge in [-0.05, 0) is 62.4 Å². The van der Waals surface area contributed by atoms with E-state index in [0.717, 1.165) is 5.56 Å². The molecular weight excluding hydrogens is 470 g/mol. The molecule has 0 radical (unpaired) electrons. The molecule has 0 aliphatic rings. The number of hydrogen-bond acceptors (Lipinski definition) is 6. The van der Waals surface area contributed by atoms with E-state index in [0.29, 0.717) is 45.7 Å². The number of carbonyl (C=O) groups excluding carboxylic acids is 2. The number of methoxy groups -OCH3 is 1. The fourth-order valence-corrected chi connectivity index (χ4v) is 3.22. The van der Waals surface area contributed by atoms with Gasteiger partial charge in [-0.15, -0.1) is 0 Å². The van der Waals surface area contributed by atoms with Crippen molar-refractivity contribution in [3.8, 4) is 17.2 Å². The fraction of sp³-hybridized carbons (Fsp3) is 0.192. The van der Waals surface area contributed by atoms with Crippen molar-refractivity contribution in [1.82, 2.24) is 5.43 Å². The maximum Gasteiger partial charge on any atom is 0.271 e. The Balaban J connectivity index is 1.63. The number of amides is 2. The highest BCUT2D eigenvalue weighted by atomic mass is 35.5. The first-order chi connectivity index (χ1) is 16.9. The van der Waals surface area contributed by atoms with Gasteiger partial charge in [-0.2, -0.15) is 5.10 Å². The van der Waals surface area contributed by atoms with Crippen LogP contribution in [0.2, 0.25) is 5.02 Å². The summed E-state index contributed by atoms with van der Waals surface area (Å²) in [4.78, 5) is 24.8. The van der Waals surface area contributed by atoms with Crippen LogP contribution in [0.1, 0.15) is 28.4 Å². The first kappa shape index (κ1) is 25.6. The standard InChI is InChI=1S/C26H26ClN3O5/c1-4-34-24-14-18(7-11-23(24)33-3)26(32)30-28-15-19-13-20(27)8-12-22(19)35-16-25(31)29-21-9-5-17(2)6-10-21/h5-15H,4,16H2,1-3H3,(H,29,31)(H,30,32)/b28-15+. The Morgan fingerprint density at radius 1 is 0.971 bits per heavy atom. The van der Waals surface area contributed by atoms with Crippen molar-refractivity contribution in [2.24, 2.45) is 5.10 Å². The predicted molar refractivity (Wildman–Crippen MR) is 136 cm³/mol. The summed E-state index contributed by atoms with van der Waals surface area (Å²) in [6.07, 6.45) is 1.39. The van der Waals surface area contributed by atoms with E-state index in [1.807, 2.05) is 38.1 Å². The summed E-state index contributed by atoms with van der Waals surface area (Å²) in [5.74, 6) is 0.617. The lowest BCUT2D eigenvalue weighted by Gasteiger charge is -2.11. The number of hydrazone groups is 1. The summed E-state index contributed by atoms with van der Waals surface area (Å²) in [5.41, 5.74) is 5.07. The molecule has 0 spiro atoms. The van der Waals surface area contributed by atoms with Gasteiger partial charge in [-0.3, -0.25) is 9.59 Å². The van der Waals surface area contributed by atoms with E-state index in [9.17, 15) is 9.59 Å². The molecule has 0 saturated heterocycles. The smallest absolute Gasteiger partial charge is 0.271 e. The maximum atomic E-state index is 12.5. The monoisotopic (exact) mass is 495 g/mol. The Bertz CT molecular complexity index is 1210. The Kier molecular flexibility index (Phi) is 9.09. The van der Waals surface area contributed by atoms with E-state index in [1.54, 1.807) is 36.4 Å². The van der Waals surface area contributed by atoms with Crippen LogP contribution in [0.5, 0.6) is 17.2 Å². The molecule has 0 saturated carbocycles. The minimum Gasteiger partial charge on any atom is -0.493 e. The SMILES string of the molecule is CCOc1cc(C(=O)N/N=C/c2cc(Cl)ccc2OCC(=O)Nc2ccc(C)cc2)ccc1OC. The van der Waals surface area contributed by atoms with Crippen molar-refractivity contribution in [3.63, 3.8) is 0 Å². The van der Waals surface area contributed by atoms with Gasteiger partial charge in [-0.25, -0.2) is 5.43 Å². The van der Waals surface area contributed by atoms with Gasteiger partial charge >= 0.3 is 0 Å². The van der Waals surface area contributed by atoms with Gasteiger partial charge in [0.05, 0.1) is 19.9 Å². The van der Waals surface area contributed by atoms with E-state index in [-0.39, 0.29) is 12.5 Å². The molecule has 0 atom stereocenters. The maximum absolute atomic E-state index is 12.5. The number of anilines is 1. The summed E-state index contributed by atoms with van der Waals surface area (Å²) in [6, 6.07) is 17.1. The second kappa shape index (κ2) is 12.4. The average Bonchev–Trinajstić information content (AvgIpc) is 2.85. The molecule has 8 nitrogen and oxygen atoms in total. The molecule has 0 unspecified atom stereocenters. The normalized spacial score (nSPS) is 10.6. The van der Waals surface area contributed by atoms with Crippen LogP contribution < -0.4 is 25.0 Å². The molecule has 9 heteroatoms. The second-order valence-electron chi connectivity index (χ2n) is 7.38. The lowest BCUT2D eigenvalue weighted by Crippen LogP contribution is -2.20. The molecule has 3 rings (SSSR count). The third kappa shape index (κ3) is 7.48. The van der Waals surface area contributed by atoms with E-state index in [1.165, 1.54) is 13.3 Å². The lowest BCUT2D eigenvalue weighted by molar-refractivity contribution is -0.118. The minimum atomic E-state index is -0.438. The summed E-state index contributed by atoms with van der Waals surface area (Å²) < 4.78 is 16.4. The molecule has 0 bridgehead atoms. The molecular formula is C26H26ClN3O5. The Hall–Kier alpha value is -4.04. The van der Waals surface area contributed by atoms with Crippen molar-refractivity contribution < 1.29 is 23.8 Å². The van der Waals surface area contributed by atoms with Crippen LogP contribution in [0, 0.1) is 6.92 Å². The minimum absolute atomic E-state index is 0.214. The van der Waals surface area contributed by atoms with Crippen LogP contribution in [0.4, 0.5) is 5.69 Å². The van der Waals surface area contributed by atoms with Crippen molar-refractivity contribution in [3.05, 3.63) is 82.4 Å². The fourth-order valence-electron chi connectivity index (χ4n) is 3.04. The zero-order valence-corrected chi connectivity index (χ0v) is 20.4. The van der Waals surface area contributed by atoms with Gasteiger partial charge in [0.1, 0.15) is 5.75 Å². The third-order valence-electron chi connectivity index (χ3n) is 4.76. The molecule has 3 aromatic rings. The quantitative estimate of drug-likeness (QED) is 0.310. The molecule has 2 amide bonds. The van der Waals surface area contributed by atoms with Crippen molar-refractivity contribution in [2.75, 3.05) is 25.6 Å². The van der Waals surface area contributed by atoms with Crippen molar-refractivity contribution in [1.29, 1.82) is 0 Å². The Labute approximate surface area is 208 Å². The summed E-state index contributed by atoms with van der Waals surface area (Å²) in [7, 11) is 1.53. The van der Waals surface area contributed by atoms with Crippen molar-refractivity contribution >= 4 is 35.3 Å². The van der Waals surface area contributed by atoms with Crippen molar-refractivity contribution in [2.45, 2.75) is 13.8 Å². The van der Waals surface area contributed by atoms with E-state index in [4.69, 9.17) is 25.8 Å². The molecule has 0 fully saturated rings. The number of benzene rings is 3. The van der Waals surface area contributed by atoms with Crippen LogP contribution >= 0.6 is 11.6 Å². The largest absolute Gasteiger partial charge is 0.493 e. The van der Waals surface area contributed by atoms with Crippen LogP contribution in [0.25, 0.3) is 0 Å². The highest BCUT2D eigenvalue weighted by Crippen LogP contribution is 2.28. The number of aryl methyl sites for hydroxylation is 1. The molecule has 3 aromatic carbocycles. The van der Waals surface area contributed by atoms with Gasteiger partial charge in [0.15, 0.2) is 18.1 Å². The van der Waals surface area contributed by atoms with Gasteiger partial charge in [0.25, 0.3) is 11.8 Å². The summed E-state index contributed by atoms with van der Waals surface area (Å²) >= 11 is 6.10. The number of carbonyl (C=O) groups is 2. The van der Waals surface area contributed by atoms with Gasteiger partial charge in [0, 0.05) is 21.8 Å². The lowest BCUT2D eigenvalue weighted by atomic mass is 10.2. The zero-order valence-electron chi connectivity index (χ0n) is 19.6. The van der Waals surface area contributed by atoms with E-state index < -0.39 is 5.91 Å². The topological polar surface area (TPSA) is 98.3 Å². The third-order valence-corrected chi connectivity index (χ3v) is 5.00. The average molecular weight is 496 g/mol. The number of halogens is 1. The number of rotatable bonds is 10. The Morgan fingerprint density at radius 2 is 1.71 bits per heavy atom. The second-order valence-corrected chi connectivity index (χ2v) is 7.82. The first-order valence-corrected chi connectivity index (χ1v) is 11.2. The molecule has 0 aliphatic carbocycles. The molecule has 0 heterocycles. The van der Waals surface area contributed by atoms with Gasteiger partial charge in [0.2, 0.25) is 0 Å². The number of nitrogens with one attached hydrogen (secondary N) is 2. The highest BCUT2D eigenvalue weighted by Gasteiger charge is 2.11. The molecule has 35 heavy (non-hydrogen) atoms. The molecule has 0 aromatic heterocycles. The van der Waals surface area contributed by atoms with Gasteiger partial charge in [-0.1, -0.05) is 29.3 Å².